The first-order valence-corrected chi connectivity index (χ1v) is 7.96. The highest BCUT2D eigenvalue weighted by molar-refractivity contribution is 6.07. The summed E-state index contributed by atoms with van der Waals surface area (Å²) in [5, 5.41) is 10.8. The van der Waals surface area contributed by atoms with Crippen LogP contribution in [0.15, 0.2) is 30.5 Å². The Kier molecular flexibility index (Phi) is 3.72. The number of ether oxygens (including phenoxy) is 1. The molecule has 130 valence electrons. The molecule has 4 rings (SSSR count). The van der Waals surface area contributed by atoms with E-state index in [-0.39, 0.29) is 18.3 Å². The second-order valence-electron chi connectivity index (χ2n) is 6.15. The number of halogens is 1. The molecule has 1 aromatic carbocycles. The van der Waals surface area contributed by atoms with E-state index in [1.165, 1.54) is 16.8 Å². The van der Waals surface area contributed by atoms with Gasteiger partial charge in [-0.1, -0.05) is 5.21 Å². The van der Waals surface area contributed by atoms with Crippen LogP contribution in [-0.2, 0) is 16.1 Å². The Labute approximate surface area is 142 Å². The van der Waals surface area contributed by atoms with E-state index in [1.54, 1.807) is 18.3 Å². The lowest BCUT2D eigenvalue weighted by Crippen LogP contribution is -2.51. The van der Waals surface area contributed by atoms with Crippen molar-refractivity contribution < 1.29 is 18.7 Å². The normalized spacial score (nSPS) is 19.5. The van der Waals surface area contributed by atoms with Gasteiger partial charge in [-0.25, -0.2) is 13.9 Å². The molecule has 2 aliphatic heterocycles. The van der Waals surface area contributed by atoms with Gasteiger partial charge >= 0.3 is 6.03 Å². The topological polar surface area (TPSA) is 89.4 Å². The molecule has 2 aliphatic rings. The lowest BCUT2D eigenvalue weighted by Gasteiger charge is -2.30. The van der Waals surface area contributed by atoms with E-state index in [0.717, 1.165) is 4.90 Å². The van der Waals surface area contributed by atoms with Crippen LogP contribution in [0.25, 0.3) is 5.69 Å². The van der Waals surface area contributed by atoms with Crippen LogP contribution in [0.2, 0.25) is 0 Å². The van der Waals surface area contributed by atoms with Crippen molar-refractivity contribution in [3.63, 3.8) is 0 Å². The van der Waals surface area contributed by atoms with E-state index in [0.29, 0.717) is 37.4 Å². The van der Waals surface area contributed by atoms with Crippen molar-refractivity contribution in [3.8, 4) is 5.69 Å². The third-order valence-corrected chi connectivity index (χ3v) is 4.54. The van der Waals surface area contributed by atoms with E-state index in [2.05, 4.69) is 15.6 Å². The van der Waals surface area contributed by atoms with Crippen LogP contribution in [0.5, 0.6) is 0 Å². The first kappa shape index (κ1) is 15.7. The highest BCUT2D eigenvalue weighted by Crippen LogP contribution is 2.29. The van der Waals surface area contributed by atoms with Crippen molar-refractivity contribution >= 4 is 11.9 Å². The summed E-state index contributed by atoms with van der Waals surface area (Å²) in [5.41, 5.74) is 0.248. The monoisotopic (exact) mass is 345 g/mol. The third kappa shape index (κ3) is 2.76. The number of urea groups is 1. The lowest BCUT2D eigenvalue weighted by atomic mass is 9.90. The van der Waals surface area contributed by atoms with Crippen LogP contribution in [0, 0.1) is 5.82 Å². The fourth-order valence-electron chi connectivity index (χ4n) is 3.13. The number of rotatable bonds is 3. The number of carbonyl (C=O) groups excluding carboxylic acids is 2. The van der Waals surface area contributed by atoms with Crippen LogP contribution in [-0.4, -0.2) is 50.6 Å². The number of benzene rings is 1. The average Bonchev–Trinajstić information content (AvgIpc) is 3.16. The number of nitrogens with zero attached hydrogens (tertiary/aromatic N) is 4. The van der Waals surface area contributed by atoms with Gasteiger partial charge in [0.2, 0.25) is 0 Å². The minimum Gasteiger partial charge on any atom is -0.381 e. The van der Waals surface area contributed by atoms with Gasteiger partial charge in [0.25, 0.3) is 5.91 Å². The summed E-state index contributed by atoms with van der Waals surface area (Å²) in [5.74, 6) is -0.595. The molecule has 0 unspecified atom stereocenters. The summed E-state index contributed by atoms with van der Waals surface area (Å²) >= 11 is 0. The predicted molar refractivity (Wildman–Crippen MR) is 83.2 cm³/mol. The molecule has 9 heteroatoms. The summed E-state index contributed by atoms with van der Waals surface area (Å²) in [6.07, 6.45) is 2.55. The quantitative estimate of drug-likeness (QED) is 0.839. The average molecular weight is 345 g/mol. The maximum Gasteiger partial charge on any atom is 0.325 e. The molecule has 1 aromatic heterocycles. The number of amides is 3. The van der Waals surface area contributed by atoms with Crippen molar-refractivity contribution in [3.05, 3.63) is 42.0 Å². The second kappa shape index (κ2) is 5.92. The zero-order valence-corrected chi connectivity index (χ0v) is 13.3. The molecule has 0 aliphatic carbocycles. The van der Waals surface area contributed by atoms with Gasteiger partial charge in [-0.15, -0.1) is 5.10 Å². The van der Waals surface area contributed by atoms with E-state index < -0.39 is 11.6 Å². The minimum atomic E-state index is -0.859. The molecule has 0 radical (unpaired) electrons. The summed E-state index contributed by atoms with van der Waals surface area (Å²) in [6, 6.07) is 5.35. The molecule has 2 saturated heterocycles. The molecule has 2 aromatic rings. The van der Waals surface area contributed by atoms with Gasteiger partial charge in [0.15, 0.2) is 0 Å². The predicted octanol–water partition coefficient (Wildman–Crippen LogP) is 1.01. The number of hydrogen-bond donors (Lipinski definition) is 1. The zero-order valence-electron chi connectivity index (χ0n) is 13.3. The summed E-state index contributed by atoms with van der Waals surface area (Å²) < 4.78 is 19.7. The smallest absolute Gasteiger partial charge is 0.325 e. The van der Waals surface area contributed by atoms with Crippen molar-refractivity contribution in [2.24, 2.45) is 0 Å². The summed E-state index contributed by atoms with van der Waals surface area (Å²) in [7, 11) is 0. The van der Waals surface area contributed by atoms with Gasteiger partial charge in [-0.05, 0) is 24.3 Å². The Hall–Kier alpha value is -2.81. The Morgan fingerprint density at radius 2 is 1.92 bits per heavy atom. The first-order valence-electron chi connectivity index (χ1n) is 7.96. The van der Waals surface area contributed by atoms with Gasteiger partial charge in [-0.3, -0.25) is 9.69 Å². The van der Waals surface area contributed by atoms with Crippen molar-refractivity contribution in [2.45, 2.75) is 24.9 Å². The fraction of sp³-hybridized carbons (Fsp3) is 0.375. The molecular formula is C16H16FN5O3. The molecule has 2 fully saturated rings. The van der Waals surface area contributed by atoms with Gasteiger partial charge in [0.05, 0.1) is 18.4 Å². The van der Waals surface area contributed by atoms with Gasteiger partial charge in [-0.2, -0.15) is 0 Å². The van der Waals surface area contributed by atoms with E-state index in [1.807, 2.05) is 0 Å². The van der Waals surface area contributed by atoms with E-state index >= 15 is 0 Å². The first-order chi connectivity index (χ1) is 12.1. The van der Waals surface area contributed by atoms with Gasteiger partial charge in [0, 0.05) is 26.1 Å². The number of imide groups is 1. The van der Waals surface area contributed by atoms with Gasteiger partial charge < -0.3 is 10.1 Å². The standard InChI is InChI=1S/C16H16FN5O3/c17-11-1-3-13(4-2-11)22-10-12(19-20-22)9-21-14(23)16(18-15(21)24)5-7-25-8-6-16/h1-4,10H,5-9H2,(H,18,24). The van der Waals surface area contributed by atoms with Crippen molar-refractivity contribution in [2.75, 3.05) is 13.2 Å². The third-order valence-electron chi connectivity index (χ3n) is 4.54. The molecule has 1 spiro atoms. The highest BCUT2D eigenvalue weighted by atomic mass is 19.1. The number of carbonyl (C=O) groups is 2. The number of aromatic nitrogens is 3. The number of nitrogens with one attached hydrogen (secondary N) is 1. The minimum absolute atomic E-state index is 0.0362. The fourth-order valence-corrected chi connectivity index (χ4v) is 3.13. The number of hydrogen-bond acceptors (Lipinski definition) is 5. The summed E-state index contributed by atoms with van der Waals surface area (Å²) in [6.45, 7) is 0.926. The Balaban J connectivity index is 1.51. The molecule has 0 bridgehead atoms. The van der Waals surface area contributed by atoms with Crippen LogP contribution in [0.4, 0.5) is 9.18 Å². The highest BCUT2D eigenvalue weighted by Gasteiger charge is 2.51. The van der Waals surface area contributed by atoms with Crippen LogP contribution in [0.1, 0.15) is 18.5 Å². The lowest BCUT2D eigenvalue weighted by molar-refractivity contribution is -0.135. The molecule has 0 saturated carbocycles. The Morgan fingerprint density at radius 1 is 1.20 bits per heavy atom. The molecule has 25 heavy (non-hydrogen) atoms. The van der Waals surface area contributed by atoms with Gasteiger partial charge in [0.1, 0.15) is 17.1 Å². The van der Waals surface area contributed by atoms with Crippen molar-refractivity contribution in [1.82, 2.24) is 25.2 Å². The maximum absolute atomic E-state index is 13.0. The molecular weight excluding hydrogens is 329 g/mol. The largest absolute Gasteiger partial charge is 0.381 e. The SMILES string of the molecule is O=C1NC2(CCOCC2)C(=O)N1Cc1cn(-c2ccc(F)cc2)nn1. The molecule has 1 N–H and O–H groups in total. The Bertz CT molecular complexity index is 813. The molecule has 3 heterocycles. The molecule has 8 nitrogen and oxygen atoms in total. The van der Waals surface area contributed by atoms with E-state index in [4.69, 9.17) is 4.74 Å². The second-order valence-corrected chi connectivity index (χ2v) is 6.15. The van der Waals surface area contributed by atoms with Crippen LogP contribution in [0.3, 0.4) is 0 Å². The maximum atomic E-state index is 13.0. The van der Waals surface area contributed by atoms with Crippen LogP contribution >= 0.6 is 0 Å². The summed E-state index contributed by atoms with van der Waals surface area (Å²) in [4.78, 5) is 26.1. The Morgan fingerprint density at radius 3 is 2.64 bits per heavy atom. The van der Waals surface area contributed by atoms with Crippen molar-refractivity contribution in [1.29, 1.82) is 0 Å². The molecule has 0 atom stereocenters. The zero-order chi connectivity index (χ0) is 17.4. The van der Waals surface area contributed by atoms with Crippen LogP contribution < -0.4 is 5.32 Å². The molecule has 3 amide bonds. The van der Waals surface area contributed by atoms with E-state index in [9.17, 15) is 14.0 Å².